The zero-order valence-electron chi connectivity index (χ0n) is 17.3. The van der Waals surface area contributed by atoms with Crippen LogP contribution in [0.2, 0.25) is 0 Å². The molecule has 0 spiro atoms. The molecule has 30 heavy (non-hydrogen) atoms. The SMILES string of the molecule is COc1ccccc1-c1cccn2nc(-c3cccc(N4CCN(C)CC4)c3)nc12. The standard InChI is InChI=1S/C24H25N5O/c1-27-13-15-28(16-14-27)19-8-5-7-18(17-19)23-25-24-21(10-6-12-29(24)26-23)20-9-3-4-11-22(20)30-2/h3-12,17H,13-16H2,1-2H3. The van der Waals surface area contributed by atoms with E-state index in [1.807, 2.05) is 35.0 Å². The summed E-state index contributed by atoms with van der Waals surface area (Å²) in [5, 5.41) is 4.76. The number of piperazine rings is 1. The number of hydrogen-bond donors (Lipinski definition) is 0. The van der Waals surface area contributed by atoms with Crippen LogP contribution < -0.4 is 9.64 Å². The number of hydrogen-bond acceptors (Lipinski definition) is 5. The molecule has 1 aliphatic rings. The summed E-state index contributed by atoms with van der Waals surface area (Å²) in [7, 11) is 3.87. The van der Waals surface area contributed by atoms with E-state index < -0.39 is 0 Å². The fourth-order valence-electron chi connectivity index (χ4n) is 4.01. The molecule has 0 atom stereocenters. The first kappa shape index (κ1) is 18.6. The second kappa shape index (κ2) is 7.80. The van der Waals surface area contributed by atoms with E-state index >= 15 is 0 Å². The van der Waals surface area contributed by atoms with Crippen molar-refractivity contribution in [2.75, 3.05) is 45.2 Å². The molecule has 0 radical (unpaired) electrons. The smallest absolute Gasteiger partial charge is 0.182 e. The lowest BCUT2D eigenvalue weighted by molar-refractivity contribution is 0.313. The minimum absolute atomic E-state index is 0.730. The Labute approximate surface area is 176 Å². The van der Waals surface area contributed by atoms with Crippen molar-refractivity contribution in [3.8, 4) is 28.3 Å². The van der Waals surface area contributed by atoms with Crippen molar-refractivity contribution in [1.29, 1.82) is 0 Å². The molecule has 152 valence electrons. The van der Waals surface area contributed by atoms with Crippen LogP contribution in [-0.4, -0.2) is 59.8 Å². The van der Waals surface area contributed by atoms with Crippen LogP contribution >= 0.6 is 0 Å². The fourth-order valence-corrected chi connectivity index (χ4v) is 4.01. The summed E-state index contributed by atoms with van der Waals surface area (Å²) in [6.45, 7) is 4.24. The molecule has 0 aliphatic carbocycles. The van der Waals surface area contributed by atoms with E-state index in [0.717, 1.165) is 60.1 Å². The highest BCUT2D eigenvalue weighted by Crippen LogP contribution is 2.33. The van der Waals surface area contributed by atoms with Crippen LogP contribution in [0.25, 0.3) is 28.2 Å². The third-order valence-corrected chi connectivity index (χ3v) is 5.73. The normalized spacial score (nSPS) is 14.9. The number of nitrogens with zero attached hydrogens (tertiary/aromatic N) is 5. The number of likely N-dealkylation sites (N-methyl/N-ethyl adjacent to an activating group) is 1. The summed E-state index contributed by atoms with van der Waals surface area (Å²) in [6, 6.07) is 20.6. The van der Waals surface area contributed by atoms with Gasteiger partial charge in [0.15, 0.2) is 11.5 Å². The van der Waals surface area contributed by atoms with Gasteiger partial charge in [0.1, 0.15) is 5.75 Å². The lowest BCUT2D eigenvalue weighted by Crippen LogP contribution is -2.44. The molecule has 3 heterocycles. The van der Waals surface area contributed by atoms with Gasteiger partial charge in [-0.25, -0.2) is 9.50 Å². The van der Waals surface area contributed by atoms with Crippen LogP contribution in [0.4, 0.5) is 5.69 Å². The molecule has 2 aromatic carbocycles. The Hall–Kier alpha value is -3.38. The van der Waals surface area contributed by atoms with E-state index in [9.17, 15) is 0 Å². The van der Waals surface area contributed by atoms with E-state index in [1.165, 1.54) is 5.69 Å². The summed E-state index contributed by atoms with van der Waals surface area (Å²) in [5.41, 5.74) is 5.09. The Morgan fingerprint density at radius 3 is 2.50 bits per heavy atom. The van der Waals surface area contributed by atoms with Gasteiger partial charge in [0, 0.05) is 54.8 Å². The second-order valence-electron chi connectivity index (χ2n) is 7.67. The molecule has 1 fully saturated rings. The van der Waals surface area contributed by atoms with Crippen LogP contribution in [0, 0.1) is 0 Å². The maximum Gasteiger partial charge on any atom is 0.182 e. The Balaban J connectivity index is 1.54. The Kier molecular flexibility index (Phi) is 4.85. The topological polar surface area (TPSA) is 45.9 Å². The quantitative estimate of drug-likeness (QED) is 0.522. The van der Waals surface area contributed by atoms with Gasteiger partial charge in [0.2, 0.25) is 0 Å². The molecule has 4 aromatic rings. The summed E-state index contributed by atoms with van der Waals surface area (Å²) < 4.78 is 7.41. The predicted molar refractivity (Wildman–Crippen MR) is 120 cm³/mol. The lowest BCUT2D eigenvalue weighted by Gasteiger charge is -2.34. The average Bonchev–Trinajstić information content (AvgIpc) is 3.24. The minimum atomic E-state index is 0.730. The monoisotopic (exact) mass is 399 g/mol. The minimum Gasteiger partial charge on any atom is -0.496 e. The van der Waals surface area contributed by atoms with Gasteiger partial charge in [-0.3, -0.25) is 0 Å². The number of anilines is 1. The van der Waals surface area contributed by atoms with Gasteiger partial charge in [-0.1, -0.05) is 30.3 Å². The van der Waals surface area contributed by atoms with Crippen LogP contribution in [0.1, 0.15) is 0 Å². The predicted octanol–water partition coefficient (Wildman–Crippen LogP) is 3.82. The van der Waals surface area contributed by atoms with Crippen molar-refractivity contribution < 1.29 is 4.74 Å². The highest BCUT2D eigenvalue weighted by molar-refractivity contribution is 5.82. The van der Waals surface area contributed by atoms with Crippen molar-refractivity contribution in [1.82, 2.24) is 19.5 Å². The van der Waals surface area contributed by atoms with Gasteiger partial charge in [0.05, 0.1) is 7.11 Å². The molecule has 0 saturated carbocycles. The molecule has 6 heteroatoms. The van der Waals surface area contributed by atoms with E-state index in [4.69, 9.17) is 14.8 Å². The van der Waals surface area contributed by atoms with Gasteiger partial charge < -0.3 is 14.5 Å². The molecule has 1 saturated heterocycles. The molecule has 0 amide bonds. The average molecular weight is 399 g/mol. The molecule has 5 rings (SSSR count). The maximum absolute atomic E-state index is 5.56. The first-order valence-electron chi connectivity index (χ1n) is 10.3. The number of benzene rings is 2. The number of para-hydroxylation sites is 1. The molecular formula is C24H25N5O. The first-order chi connectivity index (χ1) is 14.7. The van der Waals surface area contributed by atoms with Gasteiger partial charge in [-0.15, -0.1) is 5.10 Å². The molecular weight excluding hydrogens is 374 g/mol. The van der Waals surface area contributed by atoms with E-state index in [-0.39, 0.29) is 0 Å². The number of pyridine rings is 1. The molecule has 0 N–H and O–H groups in total. The molecule has 6 nitrogen and oxygen atoms in total. The third kappa shape index (κ3) is 3.39. The van der Waals surface area contributed by atoms with Gasteiger partial charge in [0.25, 0.3) is 0 Å². The summed E-state index contributed by atoms with van der Waals surface area (Å²) in [6.07, 6.45) is 1.94. The number of methoxy groups -OCH3 is 1. The Morgan fingerprint density at radius 1 is 0.867 bits per heavy atom. The zero-order chi connectivity index (χ0) is 20.5. The summed E-state index contributed by atoms with van der Waals surface area (Å²) in [5.74, 6) is 1.56. The highest BCUT2D eigenvalue weighted by atomic mass is 16.5. The Morgan fingerprint density at radius 2 is 1.67 bits per heavy atom. The number of aromatic nitrogens is 3. The van der Waals surface area contributed by atoms with E-state index in [1.54, 1.807) is 7.11 Å². The van der Waals surface area contributed by atoms with Crippen molar-refractivity contribution in [3.05, 3.63) is 66.9 Å². The van der Waals surface area contributed by atoms with Crippen LogP contribution in [-0.2, 0) is 0 Å². The van der Waals surface area contributed by atoms with Gasteiger partial charge in [-0.05, 0) is 37.4 Å². The molecule has 2 aromatic heterocycles. The van der Waals surface area contributed by atoms with Crippen molar-refractivity contribution >= 4 is 11.3 Å². The maximum atomic E-state index is 5.56. The second-order valence-corrected chi connectivity index (χ2v) is 7.67. The Bertz CT molecular complexity index is 1180. The van der Waals surface area contributed by atoms with Gasteiger partial charge >= 0.3 is 0 Å². The molecule has 0 unspecified atom stereocenters. The highest BCUT2D eigenvalue weighted by Gasteiger charge is 2.17. The van der Waals surface area contributed by atoms with Crippen molar-refractivity contribution in [2.45, 2.75) is 0 Å². The van der Waals surface area contributed by atoms with Crippen molar-refractivity contribution in [3.63, 3.8) is 0 Å². The lowest BCUT2D eigenvalue weighted by atomic mass is 10.1. The summed E-state index contributed by atoms with van der Waals surface area (Å²) in [4.78, 5) is 9.70. The molecule has 0 bridgehead atoms. The molecule has 1 aliphatic heterocycles. The third-order valence-electron chi connectivity index (χ3n) is 5.73. The van der Waals surface area contributed by atoms with Crippen LogP contribution in [0.15, 0.2) is 66.9 Å². The van der Waals surface area contributed by atoms with Crippen LogP contribution in [0.5, 0.6) is 5.75 Å². The van der Waals surface area contributed by atoms with E-state index in [0.29, 0.717) is 0 Å². The van der Waals surface area contributed by atoms with E-state index in [2.05, 4.69) is 53.2 Å². The zero-order valence-corrected chi connectivity index (χ0v) is 17.3. The largest absolute Gasteiger partial charge is 0.496 e. The first-order valence-corrected chi connectivity index (χ1v) is 10.3. The van der Waals surface area contributed by atoms with Crippen LogP contribution in [0.3, 0.4) is 0 Å². The number of fused-ring (bicyclic) bond motifs is 1. The van der Waals surface area contributed by atoms with Gasteiger partial charge in [-0.2, -0.15) is 0 Å². The summed E-state index contributed by atoms with van der Waals surface area (Å²) >= 11 is 0. The number of rotatable bonds is 4. The van der Waals surface area contributed by atoms with Crippen molar-refractivity contribution in [2.24, 2.45) is 0 Å². The number of ether oxygens (including phenoxy) is 1. The fraction of sp³-hybridized carbons (Fsp3) is 0.250.